The topological polar surface area (TPSA) is 49.4 Å². The molecule has 0 saturated carbocycles. The van der Waals surface area contributed by atoms with Crippen LogP contribution < -0.4 is 5.32 Å². The van der Waals surface area contributed by atoms with Gasteiger partial charge in [-0.25, -0.2) is 0 Å². The number of hydrogen-bond donors (Lipinski definition) is 1. The summed E-state index contributed by atoms with van der Waals surface area (Å²) >= 11 is 11.2. The average molecular weight is 512 g/mol. The molecule has 0 aromatic heterocycles. The zero-order valence-electron chi connectivity index (χ0n) is 17.7. The van der Waals surface area contributed by atoms with Crippen molar-refractivity contribution in [3.05, 3.63) is 69.2 Å². The number of hydrogen-bond acceptors (Lipinski definition) is 3. The molecule has 0 fully saturated rings. The van der Waals surface area contributed by atoms with Crippen LogP contribution in [0.15, 0.2) is 53.0 Å². The Bertz CT molecular complexity index is 886. The molecule has 2 aromatic carbocycles. The highest BCUT2D eigenvalue weighted by atomic mass is 79.9. The largest absolute Gasteiger partial charge is 0.350 e. The van der Waals surface area contributed by atoms with Crippen LogP contribution in [0, 0.1) is 0 Å². The predicted octanol–water partition coefficient (Wildman–Crippen LogP) is 5.67. The minimum Gasteiger partial charge on any atom is -0.350 e. The molecule has 0 spiro atoms. The van der Waals surface area contributed by atoms with E-state index < -0.39 is 6.04 Å². The molecule has 0 aliphatic carbocycles. The average Bonchev–Trinajstić information content (AvgIpc) is 2.65. The minimum atomic E-state index is -0.586. The highest BCUT2D eigenvalue weighted by molar-refractivity contribution is 9.10. The lowest BCUT2D eigenvalue weighted by molar-refractivity contribution is -0.139. The molecule has 2 aromatic rings. The minimum absolute atomic E-state index is 0.0800. The van der Waals surface area contributed by atoms with Crippen LogP contribution in [0.2, 0.25) is 5.02 Å². The second kappa shape index (κ2) is 11.2. The van der Waals surface area contributed by atoms with Crippen LogP contribution in [-0.2, 0) is 21.9 Å². The Morgan fingerprint density at radius 3 is 2.50 bits per heavy atom. The van der Waals surface area contributed by atoms with Crippen molar-refractivity contribution in [2.75, 3.05) is 5.75 Å². The van der Waals surface area contributed by atoms with Gasteiger partial charge in [0.25, 0.3) is 0 Å². The normalized spacial score (nSPS) is 12.3. The van der Waals surface area contributed by atoms with Gasteiger partial charge in [0.2, 0.25) is 11.8 Å². The van der Waals surface area contributed by atoms with Gasteiger partial charge in [-0.3, -0.25) is 9.59 Å². The van der Waals surface area contributed by atoms with Gasteiger partial charge in [0.15, 0.2) is 0 Å². The van der Waals surface area contributed by atoms with Gasteiger partial charge in [-0.05, 0) is 57.0 Å². The highest BCUT2D eigenvalue weighted by Crippen LogP contribution is 2.22. The van der Waals surface area contributed by atoms with Crippen LogP contribution in [0.1, 0.15) is 38.8 Å². The van der Waals surface area contributed by atoms with Gasteiger partial charge in [0.1, 0.15) is 6.04 Å². The summed E-state index contributed by atoms with van der Waals surface area (Å²) in [6, 6.07) is 14.8. The molecule has 0 heterocycles. The molecule has 0 aliphatic rings. The van der Waals surface area contributed by atoms with Crippen LogP contribution in [0.4, 0.5) is 0 Å². The number of rotatable bonds is 8. The van der Waals surface area contributed by atoms with Crippen molar-refractivity contribution in [2.24, 2.45) is 0 Å². The van der Waals surface area contributed by atoms with Crippen molar-refractivity contribution in [1.29, 1.82) is 0 Å². The number of benzene rings is 2. The zero-order chi connectivity index (χ0) is 22.3. The second-order valence-corrected chi connectivity index (χ2v) is 10.5. The SMILES string of the molecule is C[C@H](C(=O)NC(C)(C)C)N(Cc1cccc(Br)c1)C(=O)CSCc1ccccc1Cl. The van der Waals surface area contributed by atoms with E-state index >= 15 is 0 Å². The lowest BCUT2D eigenvalue weighted by Crippen LogP contribution is -2.52. The molecular weight excluding hydrogens is 484 g/mol. The second-order valence-electron chi connectivity index (χ2n) is 8.15. The maximum atomic E-state index is 13.1. The number of amides is 2. The molecule has 2 amide bonds. The third kappa shape index (κ3) is 7.97. The first-order valence-electron chi connectivity index (χ1n) is 9.74. The first-order valence-corrected chi connectivity index (χ1v) is 12.1. The number of carbonyl (C=O) groups excluding carboxylic acids is 2. The van der Waals surface area contributed by atoms with Gasteiger partial charge < -0.3 is 10.2 Å². The highest BCUT2D eigenvalue weighted by Gasteiger charge is 2.28. The Hall–Kier alpha value is -1.50. The predicted molar refractivity (Wildman–Crippen MR) is 130 cm³/mol. The Kier molecular flexibility index (Phi) is 9.26. The summed E-state index contributed by atoms with van der Waals surface area (Å²) in [5.74, 6) is 0.663. The smallest absolute Gasteiger partial charge is 0.242 e. The van der Waals surface area contributed by atoms with Gasteiger partial charge in [0.05, 0.1) is 5.75 Å². The van der Waals surface area contributed by atoms with Crippen LogP contribution in [0.3, 0.4) is 0 Å². The van der Waals surface area contributed by atoms with Crippen LogP contribution in [-0.4, -0.2) is 34.0 Å². The first-order chi connectivity index (χ1) is 14.1. The lowest BCUT2D eigenvalue weighted by Gasteiger charge is -2.31. The lowest BCUT2D eigenvalue weighted by atomic mass is 10.1. The molecule has 4 nitrogen and oxygen atoms in total. The summed E-state index contributed by atoms with van der Waals surface area (Å²) in [7, 11) is 0. The monoisotopic (exact) mass is 510 g/mol. The van der Waals surface area contributed by atoms with Crippen molar-refractivity contribution in [3.63, 3.8) is 0 Å². The van der Waals surface area contributed by atoms with E-state index in [1.54, 1.807) is 11.8 Å². The fourth-order valence-electron chi connectivity index (χ4n) is 2.84. The number of thioether (sulfide) groups is 1. The molecule has 2 rings (SSSR count). The Balaban J connectivity index is 2.11. The quantitative estimate of drug-likeness (QED) is 0.497. The van der Waals surface area contributed by atoms with Gasteiger partial charge in [-0.15, -0.1) is 11.8 Å². The summed E-state index contributed by atoms with van der Waals surface area (Å²) in [6.07, 6.45) is 0. The van der Waals surface area contributed by atoms with Crippen molar-refractivity contribution in [2.45, 2.75) is 51.6 Å². The van der Waals surface area contributed by atoms with E-state index in [-0.39, 0.29) is 23.1 Å². The van der Waals surface area contributed by atoms with Crippen LogP contribution in [0.5, 0.6) is 0 Å². The Morgan fingerprint density at radius 2 is 1.87 bits per heavy atom. The van der Waals surface area contributed by atoms with Gasteiger partial charge in [0, 0.05) is 27.3 Å². The molecule has 162 valence electrons. The van der Waals surface area contributed by atoms with Crippen LogP contribution in [0.25, 0.3) is 0 Å². The zero-order valence-corrected chi connectivity index (χ0v) is 20.9. The molecule has 0 bridgehead atoms. The van der Waals surface area contributed by atoms with Crippen molar-refractivity contribution in [3.8, 4) is 0 Å². The fraction of sp³-hybridized carbons (Fsp3) is 0.391. The third-order valence-corrected chi connectivity index (χ3v) is 6.18. The standard InChI is InChI=1S/C23H28BrClN2O2S/c1-16(22(29)26-23(2,3)4)27(13-17-8-7-10-19(24)12-17)21(28)15-30-14-18-9-5-6-11-20(18)25/h5-12,16H,13-15H2,1-4H3,(H,26,29)/t16-/m1/s1. The number of nitrogens with zero attached hydrogens (tertiary/aromatic N) is 1. The van der Waals surface area contributed by atoms with E-state index in [9.17, 15) is 9.59 Å². The summed E-state index contributed by atoms with van der Waals surface area (Å²) in [5, 5.41) is 3.67. The number of carbonyl (C=O) groups is 2. The Labute approximate surface area is 196 Å². The summed E-state index contributed by atoms with van der Waals surface area (Å²) < 4.78 is 0.937. The van der Waals surface area contributed by atoms with E-state index in [0.29, 0.717) is 17.3 Å². The van der Waals surface area contributed by atoms with E-state index in [1.807, 2.05) is 69.3 Å². The maximum absolute atomic E-state index is 13.1. The molecule has 1 atom stereocenters. The molecule has 1 N–H and O–H groups in total. The molecule has 0 aliphatic heterocycles. The Morgan fingerprint density at radius 1 is 1.17 bits per heavy atom. The van der Waals surface area contributed by atoms with E-state index in [0.717, 1.165) is 15.6 Å². The third-order valence-electron chi connectivity index (χ3n) is 4.35. The van der Waals surface area contributed by atoms with Gasteiger partial charge >= 0.3 is 0 Å². The van der Waals surface area contributed by atoms with Gasteiger partial charge in [-0.1, -0.05) is 57.9 Å². The van der Waals surface area contributed by atoms with Crippen molar-refractivity contribution in [1.82, 2.24) is 10.2 Å². The fourth-order valence-corrected chi connectivity index (χ4v) is 4.48. The molecule has 30 heavy (non-hydrogen) atoms. The molecule has 7 heteroatoms. The maximum Gasteiger partial charge on any atom is 0.242 e. The summed E-state index contributed by atoms with van der Waals surface area (Å²) in [5.41, 5.74) is 1.59. The molecule has 0 unspecified atom stereocenters. The molecular formula is C23H28BrClN2O2S. The van der Waals surface area contributed by atoms with Crippen LogP contribution >= 0.6 is 39.3 Å². The van der Waals surface area contributed by atoms with E-state index in [4.69, 9.17) is 11.6 Å². The van der Waals surface area contributed by atoms with Crippen molar-refractivity contribution < 1.29 is 9.59 Å². The molecule has 0 radical (unpaired) electrons. The first kappa shape index (κ1) is 24.8. The van der Waals surface area contributed by atoms with Crippen molar-refractivity contribution >= 4 is 51.1 Å². The van der Waals surface area contributed by atoms with E-state index in [2.05, 4.69) is 21.2 Å². The summed E-state index contributed by atoms with van der Waals surface area (Å²) in [6.45, 7) is 7.92. The number of halogens is 2. The van der Waals surface area contributed by atoms with E-state index in [1.165, 1.54) is 11.8 Å². The number of nitrogens with one attached hydrogen (secondary N) is 1. The summed E-state index contributed by atoms with van der Waals surface area (Å²) in [4.78, 5) is 27.5. The van der Waals surface area contributed by atoms with Gasteiger partial charge in [-0.2, -0.15) is 0 Å². The molecule has 0 saturated heterocycles.